The average molecular weight is 310 g/mol. The number of ether oxygens (including phenoxy) is 2. The molecule has 0 saturated carbocycles. The topological polar surface area (TPSA) is 72.1 Å². The van der Waals surface area contributed by atoms with Gasteiger partial charge in [-0.1, -0.05) is 5.16 Å². The molecule has 1 aromatic heterocycles. The van der Waals surface area contributed by atoms with Crippen LogP contribution in [0.25, 0.3) is 0 Å². The van der Waals surface area contributed by atoms with Gasteiger partial charge in [-0.2, -0.15) is 0 Å². The summed E-state index contributed by atoms with van der Waals surface area (Å²) in [4.78, 5) is 6.92. The Bertz CT molecular complexity index is 436. The summed E-state index contributed by atoms with van der Waals surface area (Å²) in [5, 5.41) is 7.23. The third kappa shape index (κ3) is 5.31. The van der Waals surface area contributed by atoms with Gasteiger partial charge in [0.2, 0.25) is 0 Å². The van der Waals surface area contributed by atoms with E-state index in [9.17, 15) is 0 Å². The van der Waals surface area contributed by atoms with Crippen molar-refractivity contribution in [2.24, 2.45) is 10.9 Å². The minimum Gasteiger partial charge on any atom is -0.382 e. The van der Waals surface area contributed by atoms with Crippen molar-refractivity contribution in [2.45, 2.75) is 19.9 Å². The van der Waals surface area contributed by atoms with Gasteiger partial charge in [0.1, 0.15) is 12.0 Å². The van der Waals surface area contributed by atoms with Crippen LogP contribution in [0.1, 0.15) is 19.0 Å². The molecule has 1 aromatic rings. The number of aromatic nitrogens is 1. The number of nitrogens with zero attached hydrogens (tertiary/aromatic N) is 3. The smallest absolute Gasteiger partial charge is 0.194 e. The summed E-state index contributed by atoms with van der Waals surface area (Å²) in [6.45, 7) is 7.52. The number of guanidine groups is 1. The summed E-state index contributed by atoms with van der Waals surface area (Å²) in [7, 11) is 1.69. The van der Waals surface area contributed by atoms with Crippen LogP contribution < -0.4 is 5.32 Å². The maximum absolute atomic E-state index is 5.63. The number of rotatable bonds is 8. The van der Waals surface area contributed by atoms with Crippen molar-refractivity contribution in [3.8, 4) is 0 Å². The largest absolute Gasteiger partial charge is 0.382 e. The minimum absolute atomic E-state index is 0.532. The van der Waals surface area contributed by atoms with Crippen LogP contribution in [0.15, 0.2) is 21.8 Å². The van der Waals surface area contributed by atoms with E-state index in [0.29, 0.717) is 25.7 Å². The van der Waals surface area contributed by atoms with Crippen LogP contribution in [0, 0.1) is 5.92 Å². The molecule has 1 aliphatic rings. The summed E-state index contributed by atoms with van der Waals surface area (Å²) >= 11 is 0. The van der Waals surface area contributed by atoms with E-state index in [4.69, 9.17) is 14.0 Å². The first-order valence-electron chi connectivity index (χ1n) is 7.82. The van der Waals surface area contributed by atoms with Gasteiger partial charge in [0.15, 0.2) is 5.96 Å². The highest BCUT2D eigenvalue weighted by atomic mass is 16.5. The number of nitrogens with one attached hydrogen (secondary N) is 1. The monoisotopic (exact) mass is 310 g/mol. The van der Waals surface area contributed by atoms with Crippen LogP contribution in [0.3, 0.4) is 0 Å². The predicted octanol–water partition coefficient (Wildman–Crippen LogP) is 1.12. The number of hydrogen-bond acceptors (Lipinski definition) is 5. The molecule has 0 amide bonds. The first kappa shape index (κ1) is 16.8. The number of aliphatic imine (C=N–C) groups is 1. The van der Waals surface area contributed by atoms with Crippen molar-refractivity contribution in [2.75, 3.05) is 46.6 Å². The van der Waals surface area contributed by atoms with Crippen molar-refractivity contribution in [1.29, 1.82) is 0 Å². The van der Waals surface area contributed by atoms with Gasteiger partial charge in [0.25, 0.3) is 0 Å². The van der Waals surface area contributed by atoms with Crippen LogP contribution in [0.4, 0.5) is 0 Å². The van der Waals surface area contributed by atoms with E-state index in [1.165, 1.54) is 0 Å². The Kier molecular flexibility index (Phi) is 7.18. The molecule has 7 nitrogen and oxygen atoms in total. The minimum atomic E-state index is 0.532. The van der Waals surface area contributed by atoms with E-state index in [1.807, 2.05) is 6.07 Å². The SMILES string of the molecule is CCNC(=NCc1ccon1)N1CCC(COCCOC)C1. The summed E-state index contributed by atoms with van der Waals surface area (Å²) in [6.07, 6.45) is 2.70. The highest BCUT2D eigenvalue weighted by Crippen LogP contribution is 2.17. The van der Waals surface area contributed by atoms with E-state index in [0.717, 1.165) is 44.3 Å². The molecule has 124 valence electrons. The molecule has 0 radical (unpaired) electrons. The summed E-state index contributed by atoms with van der Waals surface area (Å²) < 4.78 is 15.5. The Hall–Kier alpha value is -1.60. The van der Waals surface area contributed by atoms with Gasteiger partial charge >= 0.3 is 0 Å². The zero-order valence-corrected chi connectivity index (χ0v) is 13.5. The van der Waals surface area contributed by atoms with Gasteiger partial charge in [-0.15, -0.1) is 0 Å². The van der Waals surface area contributed by atoms with Crippen molar-refractivity contribution in [3.05, 3.63) is 18.0 Å². The zero-order valence-electron chi connectivity index (χ0n) is 13.5. The molecule has 1 aliphatic heterocycles. The number of hydrogen-bond donors (Lipinski definition) is 1. The quantitative estimate of drug-likeness (QED) is 0.441. The Morgan fingerprint density at radius 3 is 3.18 bits per heavy atom. The third-order valence-electron chi connectivity index (χ3n) is 3.59. The highest BCUT2D eigenvalue weighted by molar-refractivity contribution is 5.80. The van der Waals surface area contributed by atoms with Crippen LogP contribution in [0.2, 0.25) is 0 Å². The van der Waals surface area contributed by atoms with Crippen LogP contribution >= 0.6 is 0 Å². The summed E-state index contributed by atoms with van der Waals surface area (Å²) in [5.74, 6) is 1.48. The zero-order chi connectivity index (χ0) is 15.6. The first-order chi connectivity index (χ1) is 10.8. The Labute approximate surface area is 131 Å². The van der Waals surface area contributed by atoms with E-state index in [2.05, 4.69) is 27.3 Å². The molecule has 2 rings (SSSR count). The summed E-state index contributed by atoms with van der Waals surface area (Å²) in [6, 6.07) is 1.84. The molecule has 1 saturated heterocycles. The van der Waals surface area contributed by atoms with Crippen molar-refractivity contribution in [3.63, 3.8) is 0 Å². The maximum Gasteiger partial charge on any atom is 0.194 e. The number of methoxy groups -OCH3 is 1. The predicted molar refractivity (Wildman–Crippen MR) is 83.7 cm³/mol. The fourth-order valence-electron chi connectivity index (χ4n) is 2.45. The standard InChI is InChI=1S/C15H26N4O3/c1-3-16-15(17-10-14-5-7-22-18-14)19-6-4-13(11-19)12-21-9-8-20-2/h5,7,13H,3-4,6,8-12H2,1-2H3,(H,16,17). The maximum atomic E-state index is 5.63. The van der Waals surface area contributed by atoms with E-state index >= 15 is 0 Å². The second kappa shape index (κ2) is 9.42. The lowest BCUT2D eigenvalue weighted by molar-refractivity contribution is 0.0536. The van der Waals surface area contributed by atoms with Crippen molar-refractivity contribution in [1.82, 2.24) is 15.4 Å². The van der Waals surface area contributed by atoms with Crippen molar-refractivity contribution >= 4 is 5.96 Å². The molecule has 1 N–H and O–H groups in total. The lowest BCUT2D eigenvalue weighted by atomic mass is 10.1. The molecule has 2 heterocycles. The molecule has 7 heteroatoms. The molecule has 0 aliphatic carbocycles. The lowest BCUT2D eigenvalue weighted by Gasteiger charge is -2.21. The van der Waals surface area contributed by atoms with Gasteiger partial charge in [0.05, 0.1) is 26.4 Å². The molecule has 0 spiro atoms. The average Bonchev–Trinajstić information content (AvgIpc) is 3.19. The van der Waals surface area contributed by atoms with Crippen molar-refractivity contribution < 1.29 is 14.0 Å². The normalized spacial score (nSPS) is 18.9. The number of likely N-dealkylation sites (tertiary alicyclic amines) is 1. The molecule has 1 unspecified atom stereocenters. The molecular weight excluding hydrogens is 284 g/mol. The highest BCUT2D eigenvalue weighted by Gasteiger charge is 2.24. The lowest BCUT2D eigenvalue weighted by Crippen LogP contribution is -2.40. The fraction of sp³-hybridized carbons (Fsp3) is 0.733. The second-order valence-electron chi connectivity index (χ2n) is 5.33. The first-order valence-corrected chi connectivity index (χ1v) is 7.82. The Balaban J connectivity index is 1.80. The van der Waals surface area contributed by atoms with Gasteiger partial charge in [-0.05, 0) is 13.3 Å². The van der Waals surface area contributed by atoms with E-state index < -0.39 is 0 Å². The Morgan fingerprint density at radius 1 is 1.55 bits per heavy atom. The molecule has 0 aromatic carbocycles. The van der Waals surface area contributed by atoms with Gasteiger partial charge in [0, 0.05) is 38.7 Å². The molecular formula is C15H26N4O3. The van der Waals surface area contributed by atoms with E-state index in [1.54, 1.807) is 13.4 Å². The van der Waals surface area contributed by atoms with Gasteiger partial charge in [-0.25, -0.2) is 4.99 Å². The van der Waals surface area contributed by atoms with E-state index in [-0.39, 0.29) is 0 Å². The molecule has 22 heavy (non-hydrogen) atoms. The summed E-state index contributed by atoms with van der Waals surface area (Å²) in [5.41, 5.74) is 0.842. The molecule has 1 fully saturated rings. The van der Waals surface area contributed by atoms with Gasteiger partial charge < -0.3 is 24.2 Å². The molecule has 0 bridgehead atoms. The van der Waals surface area contributed by atoms with Crippen LogP contribution in [-0.4, -0.2) is 62.6 Å². The van der Waals surface area contributed by atoms with Crippen LogP contribution in [0.5, 0.6) is 0 Å². The fourth-order valence-corrected chi connectivity index (χ4v) is 2.45. The third-order valence-corrected chi connectivity index (χ3v) is 3.59. The second-order valence-corrected chi connectivity index (χ2v) is 5.33. The van der Waals surface area contributed by atoms with Crippen LogP contribution in [-0.2, 0) is 16.0 Å². The Morgan fingerprint density at radius 2 is 2.45 bits per heavy atom. The van der Waals surface area contributed by atoms with Gasteiger partial charge in [-0.3, -0.25) is 0 Å². The molecule has 1 atom stereocenters.